The summed E-state index contributed by atoms with van der Waals surface area (Å²) in [5.41, 5.74) is 3.07. The smallest absolute Gasteiger partial charge is 0.253 e. The highest BCUT2D eigenvalue weighted by Crippen LogP contribution is 2.11. The van der Waals surface area contributed by atoms with Gasteiger partial charge in [0.25, 0.3) is 5.91 Å². The predicted molar refractivity (Wildman–Crippen MR) is 119 cm³/mol. The van der Waals surface area contributed by atoms with E-state index in [1.165, 1.54) is 5.56 Å². The van der Waals surface area contributed by atoms with Crippen molar-refractivity contribution < 1.29 is 9.53 Å². The number of hydrogen-bond acceptors (Lipinski definition) is 3. The van der Waals surface area contributed by atoms with E-state index in [-0.39, 0.29) is 5.91 Å². The molecule has 29 heavy (non-hydrogen) atoms. The number of carbonyl (C=O) groups is 1. The van der Waals surface area contributed by atoms with Crippen molar-refractivity contribution in [1.82, 2.24) is 15.5 Å². The molecule has 6 heteroatoms. The molecule has 0 saturated heterocycles. The normalized spacial score (nSPS) is 11.1. The van der Waals surface area contributed by atoms with Gasteiger partial charge in [0, 0.05) is 39.3 Å². The molecule has 0 saturated carbocycles. The van der Waals surface area contributed by atoms with E-state index in [0.717, 1.165) is 43.2 Å². The van der Waals surface area contributed by atoms with E-state index in [2.05, 4.69) is 34.7 Å². The van der Waals surface area contributed by atoms with Crippen molar-refractivity contribution in [2.75, 3.05) is 40.8 Å². The van der Waals surface area contributed by atoms with Gasteiger partial charge >= 0.3 is 0 Å². The highest BCUT2D eigenvalue weighted by Gasteiger charge is 2.08. The Morgan fingerprint density at radius 3 is 2.45 bits per heavy atom. The van der Waals surface area contributed by atoms with Gasteiger partial charge in [-0.15, -0.1) is 0 Å². The van der Waals surface area contributed by atoms with Crippen LogP contribution in [0.1, 0.15) is 28.4 Å². The van der Waals surface area contributed by atoms with Gasteiger partial charge in [-0.2, -0.15) is 0 Å². The predicted octanol–water partition coefficient (Wildman–Crippen LogP) is 2.74. The fourth-order valence-electron chi connectivity index (χ4n) is 2.87. The minimum Gasteiger partial charge on any atom is -0.497 e. The van der Waals surface area contributed by atoms with Crippen molar-refractivity contribution >= 4 is 11.9 Å². The fraction of sp³-hybridized carbons (Fsp3) is 0.391. The molecule has 0 heterocycles. The Bertz CT molecular complexity index is 801. The number of nitrogens with zero attached hydrogens (tertiary/aromatic N) is 2. The number of methoxy groups -OCH3 is 1. The highest BCUT2D eigenvalue weighted by atomic mass is 16.5. The lowest BCUT2D eigenvalue weighted by Gasteiger charge is -2.13. The first-order chi connectivity index (χ1) is 14.0. The van der Waals surface area contributed by atoms with E-state index in [4.69, 9.17) is 4.74 Å². The van der Waals surface area contributed by atoms with Crippen LogP contribution >= 0.6 is 0 Å². The Morgan fingerprint density at radius 1 is 1.03 bits per heavy atom. The third-order valence-electron chi connectivity index (χ3n) is 4.46. The van der Waals surface area contributed by atoms with Crippen molar-refractivity contribution in [1.29, 1.82) is 0 Å². The third kappa shape index (κ3) is 7.49. The van der Waals surface area contributed by atoms with Crippen molar-refractivity contribution in [2.24, 2.45) is 4.99 Å². The Labute approximate surface area is 174 Å². The minimum absolute atomic E-state index is 0.0215. The van der Waals surface area contributed by atoms with Gasteiger partial charge in [0.2, 0.25) is 0 Å². The van der Waals surface area contributed by atoms with Crippen molar-refractivity contribution in [3.05, 3.63) is 65.2 Å². The summed E-state index contributed by atoms with van der Waals surface area (Å²) < 4.78 is 5.19. The van der Waals surface area contributed by atoms with Crippen molar-refractivity contribution in [3.8, 4) is 5.75 Å². The summed E-state index contributed by atoms with van der Waals surface area (Å²) >= 11 is 0. The van der Waals surface area contributed by atoms with Crippen LogP contribution in [0.25, 0.3) is 0 Å². The van der Waals surface area contributed by atoms with Crippen molar-refractivity contribution in [2.45, 2.75) is 19.8 Å². The molecule has 6 nitrogen and oxygen atoms in total. The summed E-state index contributed by atoms with van der Waals surface area (Å²) in [4.78, 5) is 18.4. The molecule has 2 rings (SSSR count). The zero-order valence-corrected chi connectivity index (χ0v) is 17.9. The molecule has 0 spiro atoms. The van der Waals surface area contributed by atoms with Crippen LogP contribution in [0, 0.1) is 0 Å². The van der Waals surface area contributed by atoms with Gasteiger partial charge in [-0.3, -0.25) is 9.79 Å². The second kappa shape index (κ2) is 11.7. The van der Waals surface area contributed by atoms with Crippen LogP contribution < -0.4 is 15.4 Å². The molecule has 0 aromatic heterocycles. The van der Waals surface area contributed by atoms with E-state index in [0.29, 0.717) is 12.1 Å². The van der Waals surface area contributed by atoms with Gasteiger partial charge < -0.3 is 20.3 Å². The molecular weight excluding hydrogens is 364 g/mol. The van der Waals surface area contributed by atoms with Crippen LogP contribution in [0.3, 0.4) is 0 Å². The SMILES string of the molecule is CCNC(=NCCc1ccc(OC)cc1)NCCc1cccc(C(=O)N(C)C)c1. The van der Waals surface area contributed by atoms with E-state index in [1.54, 1.807) is 26.1 Å². The Hall–Kier alpha value is -3.02. The molecule has 0 fully saturated rings. The first-order valence-corrected chi connectivity index (χ1v) is 9.99. The molecule has 2 aromatic carbocycles. The number of nitrogens with one attached hydrogen (secondary N) is 2. The Balaban J connectivity index is 1.86. The van der Waals surface area contributed by atoms with Gasteiger partial charge in [0.05, 0.1) is 7.11 Å². The summed E-state index contributed by atoms with van der Waals surface area (Å²) in [5, 5.41) is 6.64. The molecule has 156 valence electrons. The summed E-state index contributed by atoms with van der Waals surface area (Å²) in [6, 6.07) is 15.9. The number of benzene rings is 2. The topological polar surface area (TPSA) is 66.0 Å². The number of amides is 1. The lowest BCUT2D eigenvalue weighted by Crippen LogP contribution is -2.38. The van der Waals surface area contributed by atoms with Crippen LogP contribution in [0.15, 0.2) is 53.5 Å². The van der Waals surface area contributed by atoms with Crippen LogP contribution in [0.5, 0.6) is 5.75 Å². The second-order valence-corrected chi connectivity index (χ2v) is 6.94. The van der Waals surface area contributed by atoms with Crippen LogP contribution in [-0.2, 0) is 12.8 Å². The minimum atomic E-state index is 0.0215. The average Bonchev–Trinajstić information content (AvgIpc) is 2.74. The van der Waals surface area contributed by atoms with Crippen molar-refractivity contribution in [3.63, 3.8) is 0 Å². The first kappa shape index (κ1) is 22.3. The molecule has 0 aliphatic carbocycles. The van der Waals surface area contributed by atoms with Gasteiger partial charge in [-0.1, -0.05) is 24.3 Å². The number of aliphatic imine (C=N–C) groups is 1. The number of carbonyl (C=O) groups excluding carboxylic acids is 1. The van der Waals surface area contributed by atoms with E-state index < -0.39 is 0 Å². The molecule has 0 bridgehead atoms. The first-order valence-electron chi connectivity index (χ1n) is 9.99. The molecule has 0 radical (unpaired) electrons. The largest absolute Gasteiger partial charge is 0.497 e. The van der Waals surface area contributed by atoms with Gasteiger partial charge in [0.15, 0.2) is 5.96 Å². The van der Waals surface area contributed by atoms with Gasteiger partial charge in [-0.05, 0) is 55.2 Å². The monoisotopic (exact) mass is 396 g/mol. The quantitative estimate of drug-likeness (QED) is 0.505. The zero-order chi connectivity index (χ0) is 21.1. The maximum Gasteiger partial charge on any atom is 0.253 e. The highest BCUT2D eigenvalue weighted by molar-refractivity contribution is 5.94. The lowest BCUT2D eigenvalue weighted by molar-refractivity contribution is 0.0827. The number of hydrogen-bond donors (Lipinski definition) is 2. The standard InChI is InChI=1S/C23H32N4O2/c1-5-24-23(25-15-13-18-9-11-21(29-4)12-10-18)26-16-14-19-7-6-8-20(17-19)22(28)27(2)3/h6-12,17H,5,13-16H2,1-4H3,(H2,24,25,26). The molecule has 0 unspecified atom stereocenters. The average molecular weight is 397 g/mol. The summed E-state index contributed by atoms with van der Waals surface area (Å²) in [6.45, 7) is 4.31. The second-order valence-electron chi connectivity index (χ2n) is 6.94. The number of rotatable bonds is 9. The van der Waals surface area contributed by atoms with Gasteiger partial charge in [-0.25, -0.2) is 0 Å². The summed E-state index contributed by atoms with van der Waals surface area (Å²) in [5.74, 6) is 1.69. The van der Waals surface area contributed by atoms with E-state index >= 15 is 0 Å². The number of guanidine groups is 1. The fourth-order valence-corrected chi connectivity index (χ4v) is 2.87. The zero-order valence-electron chi connectivity index (χ0n) is 17.9. The van der Waals surface area contributed by atoms with E-state index in [1.807, 2.05) is 36.4 Å². The summed E-state index contributed by atoms with van der Waals surface area (Å²) in [6.07, 6.45) is 1.69. The lowest BCUT2D eigenvalue weighted by atomic mass is 10.1. The molecule has 2 N–H and O–H groups in total. The molecule has 0 aliphatic rings. The maximum absolute atomic E-state index is 12.1. The summed E-state index contributed by atoms with van der Waals surface area (Å²) in [7, 11) is 5.20. The van der Waals surface area contributed by atoms with Crippen LogP contribution in [-0.4, -0.2) is 57.6 Å². The maximum atomic E-state index is 12.1. The number of ether oxygens (including phenoxy) is 1. The molecule has 1 amide bonds. The molecule has 0 atom stereocenters. The molecular formula is C23H32N4O2. The van der Waals surface area contributed by atoms with E-state index in [9.17, 15) is 4.79 Å². The molecule has 0 aliphatic heterocycles. The Morgan fingerprint density at radius 2 is 1.79 bits per heavy atom. The third-order valence-corrected chi connectivity index (χ3v) is 4.46. The Kier molecular flexibility index (Phi) is 9.02. The molecule has 2 aromatic rings. The van der Waals surface area contributed by atoms with Gasteiger partial charge in [0.1, 0.15) is 5.75 Å². The van der Waals surface area contributed by atoms with Crippen LogP contribution in [0.4, 0.5) is 0 Å². The van der Waals surface area contributed by atoms with Crippen LogP contribution in [0.2, 0.25) is 0 Å².